The van der Waals surface area contributed by atoms with Gasteiger partial charge in [0.05, 0.1) is 23.2 Å². The summed E-state index contributed by atoms with van der Waals surface area (Å²) in [5.41, 5.74) is 2.50. The fraction of sp³-hybridized carbons (Fsp3) is 0.471. The minimum atomic E-state index is -0.326. The Balaban J connectivity index is 2.43. The lowest BCUT2D eigenvalue weighted by Gasteiger charge is -2.19. The highest BCUT2D eigenvalue weighted by Crippen LogP contribution is 2.48. The van der Waals surface area contributed by atoms with Crippen molar-refractivity contribution in [2.75, 3.05) is 25.2 Å². The molecule has 0 saturated heterocycles. The lowest BCUT2D eigenvalue weighted by Crippen LogP contribution is -2.11. The summed E-state index contributed by atoms with van der Waals surface area (Å²) in [5.74, 6) is -0.504. The fourth-order valence-electron chi connectivity index (χ4n) is 2.56. The minimum Gasteiger partial charge on any atom is -0.465 e. The summed E-state index contributed by atoms with van der Waals surface area (Å²) in [4.78, 5) is 36.9. The molecule has 0 radical (unpaired) electrons. The zero-order valence-corrected chi connectivity index (χ0v) is 16.8. The van der Waals surface area contributed by atoms with Gasteiger partial charge in [0.2, 0.25) is 0 Å². The lowest BCUT2D eigenvalue weighted by atomic mass is 9.94. The number of esters is 2. The highest BCUT2D eigenvalue weighted by Gasteiger charge is 2.30. The lowest BCUT2D eigenvalue weighted by molar-refractivity contribution is -0.139. The molecule has 8 heteroatoms. The Morgan fingerprint density at radius 2 is 1.92 bits per heavy atom. The molecule has 1 aliphatic rings. The number of carbonyl (C=O) groups is 3. The van der Waals surface area contributed by atoms with E-state index in [-0.39, 0.29) is 17.7 Å². The van der Waals surface area contributed by atoms with Gasteiger partial charge in [-0.3, -0.25) is 9.59 Å². The van der Waals surface area contributed by atoms with Crippen LogP contribution in [0.3, 0.4) is 0 Å². The summed E-state index contributed by atoms with van der Waals surface area (Å²) >= 11 is 4.23. The number of hydrogen-bond donors (Lipinski definition) is 0. The van der Waals surface area contributed by atoms with Crippen molar-refractivity contribution in [3.8, 4) is 0 Å². The van der Waals surface area contributed by atoms with E-state index >= 15 is 0 Å². The van der Waals surface area contributed by atoms with Crippen molar-refractivity contribution in [1.82, 2.24) is 0 Å². The molecule has 0 N–H and O–H groups in total. The van der Waals surface area contributed by atoms with Crippen LogP contribution in [-0.2, 0) is 25.5 Å². The summed E-state index contributed by atoms with van der Waals surface area (Å²) < 4.78 is 11.1. The van der Waals surface area contributed by atoms with Gasteiger partial charge in [-0.05, 0) is 38.5 Å². The minimum absolute atomic E-state index is 0.137. The molecule has 1 aromatic rings. The van der Waals surface area contributed by atoms with E-state index in [4.69, 9.17) is 9.47 Å². The average Bonchev–Trinajstić information content (AvgIpc) is 2.99. The molecule has 25 heavy (non-hydrogen) atoms. The van der Waals surface area contributed by atoms with Crippen LogP contribution in [0.1, 0.15) is 41.1 Å². The first-order valence-electron chi connectivity index (χ1n) is 7.91. The molecule has 0 saturated carbocycles. The summed E-state index contributed by atoms with van der Waals surface area (Å²) in [6, 6.07) is 0. The molecule has 136 valence electrons. The molecule has 0 unspecified atom stereocenters. The number of thioether (sulfide) groups is 2. The van der Waals surface area contributed by atoms with Crippen molar-refractivity contribution in [2.24, 2.45) is 0 Å². The van der Waals surface area contributed by atoms with E-state index in [1.165, 1.54) is 34.9 Å². The third-order valence-corrected chi connectivity index (χ3v) is 7.03. The van der Waals surface area contributed by atoms with E-state index < -0.39 is 0 Å². The van der Waals surface area contributed by atoms with E-state index in [2.05, 4.69) is 0 Å². The Bertz CT molecular complexity index is 705. The molecular formula is C17H20O5S3. The van der Waals surface area contributed by atoms with E-state index in [1.807, 2.05) is 6.26 Å². The van der Waals surface area contributed by atoms with Gasteiger partial charge < -0.3 is 9.47 Å². The van der Waals surface area contributed by atoms with Gasteiger partial charge in [-0.1, -0.05) is 0 Å². The highest BCUT2D eigenvalue weighted by atomic mass is 32.2. The standard InChI is InChI=1S/C17H20O5S3/c1-4-21-12(19)9-24-14-10(8-18)6-7-11-13(14)17(23-3)25-15(11)16(20)22-5-2/h8H,4-7,9H2,1-3H3. The van der Waals surface area contributed by atoms with Crippen LogP contribution in [0.4, 0.5) is 0 Å². The predicted octanol–water partition coefficient (Wildman–Crippen LogP) is 3.80. The average molecular weight is 401 g/mol. The Morgan fingerprint density at radius 1 is 1.20 bits per heavy atom. The van der Waals surface area contributed by atoms with Crippen LogP contribution in [0, 0.1) is 0 Å². The number of allylic oxidation sites excluding steroid dienone is 1. The van der Waals surface area contributed by atoms with Gasteiger partial charge in [0.25, 0.3) is 0 Å². The summed E-state index contributed by atoms with van der Waals surface area (Å²) in [6.07, 6.45) is 3.96. The molecule has 0 spiro atoms. The second-order valence-corrected chi connectivity index (χ2v) is 8.14. The normalized spacial score (nSPS) is 13.4. The van der Waals surface area contributed by atoms with E-state index in [0.29, 0.717) is 36.5 Å². The number of thiophene rings is 1. The Kier molecular flexibility index (Phi) is 7.58. The first-order valence-corrected chi connectivity index (χ1v) is 10.9. The smallest absolute Gasteiger partial charge is 0.348 e. The number of aldehydes is 1. The Morgan fingerprint density at radius 3 is 2.52 bits per heavy atom. The Labute approximate surface area is 159 Å². The maximum atomic E-state index is 12.3. The zero-order chi connectivity index (χ0) is 18.4. The third-order valence-electron chi connectivity index (χ3n) is 3.57. The van der Waals surface area contributed by atoms with Crippen LogP contribution in [0.2, 0.25) is 0 Å². The van der Waals surface area contributed by atoms with Crippen molar-refractivity contribution >= 4 is 58.0 Å². The van der Waals surface area contributed by atoms with Crippen molar-refractivity contribution in [3.63, 3.8) is 0 Å². The van der Waals surface area contributed by atoms with Gasteiger partial charge >= 0.3 is 11.9 Å². The first kappa shape index (κ1) is 20.1. The molecule has 0 fully saturated rings. The Hall–Kier alpha value is -1.25. The van der Waals surface area contributed by atoms with Crippen LogP contribution in [0.15, 0.2) is 9.78 Å². The van der Waals surface area contributed by atoms with Crippen LogP contribution in [-0.4, -0.2) is 43.4 Å². The van der Waals surface area contributed by atoms with Crippen molar-refractivity contribution in [1.29, 1.82) is 0 Å². The van der Waals surface area contributed by atoms with E-state index in [0.717, 1.165) is 26.5 Å². The first-order chi connectivity index (χ1) is 12.1. The predicted molar refractivity (Wildman–Crippen MR) is 102 cm³/mol. The van der Waals surface area contributed by atoms with Gasteiger partial charge in [-0.15, -0.1) is 34.9 Å². The molecule has 0 atom stereocenters. The topological polar surface area (TPSA) is 69.7 Å². The van der Waals surface area contributed by atoms with Crippen LogP contribution in [0.5, 0.6) is 0 Å². The van der Waals surface area contributed by atoms with E-state index in [1.54, 1.807) is 13.8 Å². The van der Waals surface area contributed by atoms with Crippen LogP contribution >= 0.6 is 34.9 Å². The quantitative estimate of drug-likeness (QED) is 0.373. The number of carbonyl (C=O) groups excluding carboxylic acids is 3. The van der Waals surface area contributed by atoms with Crippen molar-refractivity contribution < 1.29 is 23.9 Å². The van der Waals surface area contributed by atoms with E-state index in [9.17, 15) is 14.4 Å². The molecule has 1 aliphatic carbocycles. The third kappa shape index (κ3) is 4.48. The van der Waals surface area contributed by atoms with Gasteiger partial charge in [0.1, 0.15) is 11.2 Å². The van der Waals surface area contributed by atoms with Crippen LogP contribution in [0.25, 0.3) is 4.91 Å². The maximum absolute atomic E-state index is 12.3. The maximum Gasteiger partial charge on any atom is 0.348 e. The molecule has 0 bridgehead atoms. The SMILES string of the molecule is CCOC(=O)CSC1=C(C=O)CCc2c(C(=O)OCC)sc(SC)c21. The summed E-state index contributed by atoms with van der Waals surface area (Å²) in [5, 5.41) is 0. The molecule has 0 amide bonds. The molecule has 0 aliphatic heterocycles. The van der Waals surface area contributed by atoms with Gasteiger partial charge in [0, 0.05) is 16.0 Å². The van der Waals surface area contributed by atoms with Gasteiger partial charge in [-0.2, -0.15) is 0 Å². The molecule has 1 aromatic heterocycles. The largest absolute Gasteiger partial charge is 0.465 e. The van der Waals surface area contributed by atoms with Gasteiger partial charge in [0.15, 0.2) is 0 Å². The monoisotopic (exact) mass is 400 g/mol. The van der Waals surface area contributed by atoms with Crippen LogP contribution < -0.4 is 0 Å². The number of ether oxygens (including phenoxy) is 2. The number of fused-ring (bicyclic) bond motifs is 1. The van der Waals surface area contributed by atoms with Crippen molar-refractivity contribution in [3.05, 3.63) is 21.6 Å². The number of hydrogen-bond acceptors (Lipinski definition) is 8. The molecular weight excluding hydrogens is 380 g/mol. The second kappa shape index (κ2) is 9.45. The molecule has 1 heterocycles. The fourth-order valence-corrected chi connectivity index (χ4v) is 5.74. The second-order valence-electron chi connectivity index (χ2n) is 5.06. The summed E-state index contributed by atoms with van der Waals surface area (Å²) in [6.45, 7) is 4.18. The summed E-state index contributed by atoms with van der Waals surface area (Å²) in [7, 11) is 0. The van der Waals surface area contributed by atoms with Crippen molar-refractivity contribution in [2.45, 2.75) is 30.9 Å². The molecule has 2 rings (SSSR count). The number of rotatable bonds is 8. The zero-order valence-electron chi connectivity index (χ0n) is 14.4. The molecule has 5 nitrogen and oxygen atoms in total. The molecule has 0 aromatic carbocycles. The van der Waals surface area contributed by atoms with Gasteiger partial charge in [-0.25, -0.2) is 4.79 Å². The highest BCUT2D eigenvalue weighted by molar-refractivity contribution is 8.09.